The molecule has 39 heavy (non-hydrogen) atoms. The molecule has 0 saturated carbocycles. The molecule has 0 bridgehead atoms. The van der Waals surface area contributed by atoms with E-state index in [2.05, 4.69) is 50.2 Å². The molecule has 0 aliphatic carbocycles. The number of hydrogen-bond acceptors (Lipinski definition) is 4. The Kier molecular flexibility index (Phi) is 8.75. The summed E-state index contributed by atoms with van der Waals surface area (Å²) in [6.07, 6.45) is 2.51. The smallest absolute Gasteiger partial charge is 0.324 e. The van der Waals surface area contributed by atoms with Gasteiger partial charge in [-0.05, 0) is 49.6 Å². The zero-order valence-corrected chi connectivity index (χ0v) is 24.1. The van der Waals surface area contributed by atoms with Crippen LogP contribution in [0, 0.1) is 6.92 Å². The average Bonchev–Trinajstić information content (AvgIpc) is 3.32. The maximum absolute atomic E-state index is 13.0. The number of hydrogen-bond donors (Lipinski definition) is 2. The topological polar surface area (TPSA) is 82.5 Å². The van der Waals surface area contributed by atoms with Crippen molar-refractivity contribution >= 4 is 23.4 Å². The van der Waals surface area contributed by atoms with Crippen LogP contribution in [0.3, 0.4) is 0 Å². The van der Waals surface area contributed by atoms with E-state index < -0.39 is 0 Å². The van der Waals surface area contributed by atoms with E-state index in [1.165, 1.54) is 0 Å². The number of aryl methyl sites for hydroxylation is 1. The third-order valence-corrected chi connectivity index (χ3v) is 7.31. The first kappa shape index (κ1) is 28.4. The number of amides is 3. The lowest BCUT2D eigenvalue weighted by Crippen LogP contribution is -2.51. The molecule has 1 fully saturated rings. The van der Waals surface area contributed by atoms with E-state index in [0.717, 1.165) is 48.4 Å². The molecule has 3 aromatic rings. The number of carbonyl (C=O) groups is 2. The number of rotatable bonds is 8. The minimum Gasteiger partial charge on any atom is -0.327 e. The Balaban J connectivity index is 1.40. The van der Waals surface area contributed by atoms with Crippen LogP contribution in [-0.4, -0.2) is 50.8 Å². The molecule has 2 N–H and O–H groups in total. The molecular weight excluding hydrogens is 488 g/mol. The number of nitrogens with one attached hydrogen (secondary N) is 2. The lowest BCUT2D eigenvalue weighted by molar-refractivity contribution is -0.141. The van der Waals surface area contributed by atoms with Crippen LogP contribution in [0.2, 0.25) is 0 Å². The van der Waals surface area contributed by atoms with Crippen LogP contribution >= 0.6 is 0 Å². The van der Waals surface area contributed by atoms with Gasteiger partial charge in [0.1, 0.15) is 5.82 Å². The van der Waals surface area contributed by atoms with Gasteiger partial charge in [-0.1, -0.05) is 64.4 Å². The predicted octanol–water partition coefficient (Wildman–Crippen LogP) is 6.30. The molecule has 0 radical (unpaired) electrons. The number of benzene rings is 2. The zero-order chi connectivity index (χ0) is 28.2. The van der Waals surface area contributed by atoms with E-state index in [4.69, 9.17) is 5.10 Å². The Morgan fingerprint density at radius 2 is 1.67 bits per heavy atom. The highest BCUT2D eigenvalue weighted by Gasteiger charge is 2.28. The Labute approximate surface area is 232 Å². The molecule has 208 valence electrons. The molecule has 0 atom stereocenters. The molecule has 0 spiro atoms. The molecule has 8 nitrogen and oxygen atoms in total. The SMILES string of the molecule is CCC(CC)N1CN(Cc2ccc(NC(=O)Nc3cc(C(C)(C)C)nn3-c3ccc(C)cc3)cc2)CCC1=O. The maximum Gasteiger partial charge on any atom is 0.324 e. The van der Waals surface area contributed by atoms with Crippen molar-refractivity contribution in [2.45, 2.75) is 78.8 Å². The standard InChI is InChI=1S/C31H42N6O2/c1-7-25(8-2)36-21-35(18-17-29(36)38)20-23-11-13-24(14-12-23)32-30(39)33-28-19-27(31(4,5)6)34-37(28)26-15-9-22(3)10-16-26/h9-16,19,25H,7-8,17-18,20-21H2,1-6H3,(H2,32,33,39). The highest BCUT2D eigenvalue weighted by atomic mass is 16.2. The summed E-state index contributed by atoms with van der Waals surface area (Å²) < 4.78 is 1.77. The van der Waals surface area contributed by atoms with E-state index in [1.807, 2.05) is 66.4 Å². The average molecular weight is 531 g/mol. The van der Waals surface area contributed by atoms with Gasteiger partial charge in [-0.2, -0.15) is 5.10 Å². The van der Waals surface area contributed by atoms with E-state index in [9.17, 15) is 9.59 Å². The highest BCUT2D eigenvalue weighted by molar-refractivity contribution is 5.99. The van der Waals surface area contributed by atoms with Crippen LogP contribution in [0.4, 0.5) is 16.3 Å². The quantitative estimate of drug-likeness (QED) is 0.358. The Morgan fingerprint density at radius 3 is 2.28 bits per heavy atom. The molecule has 4 rings (SSSR count). The summed E-state index contributed by atoms with van der Waals surface area (Å²) >= 11 is 0. The van der Waals surface area contributed by atoms with Crippen molar-refractivity contribution in [1.29, 1.82) is 0 Å². The molecule has 3 amide bonds. The molecule has 1 aromatic heterocycles. The van der Waals surface area contributed by atoms with Crippen molar-refractivity contribution in [3.8, 4) is 5.69 Å². The number of aromatic nitrogens is 2. The lowest BCUT2D eigenvalue weighted by Gasteiger charge is -2.39. The Morgan fingerprint density at radius 1 is 1.00 bits per heavy atom. The van der Waals surface area contributed by atoms with Crippen LogP contribution < -0.4 is 10.6 Å². The van der Waals surface area contributed by atoms with E-state index in [-0.39, 0.29) is 17.4 Å². The lowest BCUT2D eigenvalue weighted by atomic mass is 9.92. The van der Waals surface area contributed by atoms with Crippen LogP contribution in [0.5, 0.6) is 0 Å². The monoisotopic (exact) mass is 530 g/mol. The van der Waals surface area contributed by atoms with Crippen LogP contribution in [0.25, 0.3) is 5.69 Å². The first-order valence-electron chi connectivity index (χ1n) is 13.9. The molecule has 2 heterocycles. The van der Waals surface area contributed by atoms with Gasteiger partial charge in [-0.3, -0.25) is 15.0 Å². The van der Waals surface area contributed by atoms with Gasteiger partial charge < -0.3 is 10.2 Å². The summed E-state index contributed by atoms with van der Waals surface area (Å²) in [7, 11) is 0. The summed E-state index contributed by atoms with van der Waals surface area (Å²) in [5.74, 6) is 0.864. The van der Waals surface area contributed by atoms with Crippen molar-refractivity contribution < 1.29 is 9.59 Å². The summed E-state index contributed by atoms with van der Waals surface area (Å²) in [6, 6.07) is 17.9. The summed E-state index contributed by atoms with van der Waals surface area (Å²) in [5.41, 5.74) is 4.64. The van der Waals surface area contributed by atoms with Crippen molar-refractivity contribution in [2.75, 3.05) is 23.8 Å². The fraction of sp³-hybridized carbons (Fsp3) is 0.452. The second kappa shape index (κ2) is 12.0. The minimum absolute atomic E-state index is 0.161. The molecule has 1 saturated heterocycles. The van der Waals surface area contributed by atoms with Gasteiger partial charge in [0.25, 0.3) is 0 Å². The van der Waals surface area contributed by atoms with Gasteiger partial charge in [-0.15, -0.1) is 0 Å². The van der Waals surface area contributed by atoms with Crippen LogP contribution in [-0.2, 0) is 16.8 Å². The Hall–Kier alpha value is -3.65. The predicted molar refractivity (Wildman–Crippen MR) is 157 cm³/mol. The third kappa shape index (κ3) is 7.06. The normalized spacial score (nSPS) is 14.6. The summed E-state index contributed by atoms with van der Waals surface area (Å²) in [4.78, 5) is 29.7. The summed E-state index contributed by atoms with van der Waals surface area (Å²) in [6.45, 7) is 14.8. The fourth-order valence-corrected chi connectivity index (χ4v) is 4.89. The first-order valence-corrected chi connectivity index (χ1v) is 13.9. The molecule has 2 aromatic carbocycles. The van der Waals surface area contributed by atoms with Crippen molar-refractivity contribution in [3.05, 3.63) is 71.4 Å². The second-order valence-corrected chi connectivity index (χ2v) is 11.5. The Bertz CT molecular complexity index is 1270. The number of urea groups is 1. The first-order chi connectivity index (χ1) is 18.6. The maximum atomic E-state index is 13.0. The second-order valence-electron chi connectivity index (χ2n) is 11.5. The molecule has 1 aliphatic heterocycles. The number of nitrogens with zero attached hydrogens (tertiary/aromatic N) is 4. The van der Waals surface area contributed by atoms with E-state index >= 15 is 0 Å². The van der Waals surface area contributed by atoms with Gasteiger partial charge in [0.15, 0.2) is 0 Å². The molecule has 8 heteroatoms. The van der Waals surface area contributed by atoms with Crippen LogP contribution in [0.1, 0.15) is 70.7 Å². The van der Waals surface area contributed by atoms with Gasteiger partial charge in [0.2, 0.25) is 5.91 Å². The molecular formula is C31H42N6O2. The highest BCUT2D eigenvalue weighted by Crippen LogP contribution is 2.27. The van der Waals surface area contributed by atoms with Crippen LogP contribution in [0.15, 0.2) is 54.6 Å². The fourth-order valence-electron chi connectivity index (χ4n) is 4.89. The van der Waals surface area contributed by atoms with Crippen molar-refractivity contribution in [3.63, 3.8) is 0 Å². The third-order valence-electron chi connectivity index (χ3n) is 7.31. The van der Waals surface area contributed by atoms with E-state index in [0.29, 0.717) is 30.6 Å². The van der Waals surface area contributed by atoms with Gasteiger partial charge >= 0.3 is 6.03 Å². The van der Waals surface area contributed by atoms with Gasteiger partial charge in [0, 0.05) is 42.7 Å². The summed E-state index contributed by atoms with van der Waals surface area (Å²) in [5, 5.41) is 10.7. The van der Waals surface area contributed by atoms with E-state index in [1.54, 1.807) is 4.68 Å². The molecule has 1 aliphatic rings. The largest absolute Gasteiger partial charge is 0.327 e. The number of anilines is 2. The van der Waals surface area contributed by atoms with Crippen molar-refractivity contribution in [2.24, 2.45) is 0 Å². The van der Waals surface area contributed by atoms with Crippen molar-refractivity contribution in [1.82, 2.24) is 19.6 Å². The van der Waals surface area contributed by atoms with Gasteiger partial charge in [0.05, 0.1) is 18.1 Å². The molecule has 0 unspecified atom stereocenters. The zero-order valence-electron chi connectivity index (χ0n) is 24.1. The van der Waals surface area contributed by atoms with Gasteiger partial charge in [-0.25, -0.2) is 9.48 Å². The minimum atomic E-state index is -0.327. The number of carbonyl (C=O) groups excluding carboxylic acids is 2.